The molecule has 0 aromatic heterocycles. The van der Waals surface area contributed by atoms with E-state index >= 15 is 0 Å². The predicted octanol–water partition coefficient (Wildman–Crippen LogP) is 2.22. The smallest absolute Gasteiger partial charge is 0.0580 e. The second-order valence-corrected chi connectivity index (χ2v) is 3.56. The molecule has 2 aliphatic heterocycles. The summed E-state index contributed by atoms with van der Waals surface area (Å²) in [6.45, 7) is 2.16. The van der Waals surface area contributed by atoms with E-state index in [2.05, 4.69) is 29.5 Å². The molecule has 0 spiro atoms. The minimum absolute atomic E-state index is 0.450. The SMILES string of the molecule is CC1N=CC=C2SC=CC21. The quantitative estimate of drug-likeness (QED) is 0.517. The molecular weight excluding hydrogens is 142 g/mol. The Morgan fingerprint density at radius 3 is 3.30 bits per heavy atom. The molecule has 0 saturated carbocycles. The van der Waals surface area contributed by atoms with Crippen molar-refractivity contribution in [3.8, 4) is 0 Å². The highest BCUT2D eigenvalue weighted by Crippen LogP contribution is 2.37. The molecule has 0 aliphatic carbocycles. The minimum Gasteiger partial charge on any atom is -0.289 e. The number of thioether (sulfide) groups is 1. The summed E-state index contributed by atoms with van der Waals surface area (Å²) in [6, 6.07) is 0.450. The fraction of sp³-hybridized carbons (Fsp3) is 0.375. The highest BCUT2D eigenvalue weighted by Gasteiger charge is 2.23. The van der Waals surface area contributed by atoms with Crippen molar-refractivity contribution >= 4 is 18.0 Å². The lowest BCUT2D eigenvalue weighted by Crippen LogP contribution is -2.14. The van der Waals surface area contributed by atoms with Gasteiger partial charge in [0.1, 0.15) is 0 Å². The highest BCUT2D eigenvalue weighted by molar-refractivity contribution is 8.06. The van der Waals surface area contributed by atoms with Crippen LogP contribution < -0.4 is 0 Å². The molecule has 0 fully saturated rings. The van der Waals surface area contributed by atoms with Crippen LogP contribution in [-0.4, -0.2) is 12.3 Å². The van der Waals surface area contributed by atoms with Crippen molar-refractivity contribution in [3.05, 3.63) is 22.5 Å². The van der Waals surface area contributed by atoms with Crippen molar-refractivity contribution in [2.45, 2.75) is 13.0 Å². The Hall–Kier alpha value is -0.500. The van der Waals surface area contributed by atoms with Crippen molar-refractivity contribution in [1.29, 1.82) is 0 Å². The average Bonchev–Trinajstić information content (AvgIpc) is 2.36. The molecule has 0 saturated heterocycles. The van der Waals surface area contributed by atoms with Gasteiger partial charge in [-0.15, -0.1) is 11.8 Å². The molecule has 0 amide bonds. The van der Waals surface area contributed by atoms with Gasteiger partial charge in [0.05, 0.1) is 6.04 Å². The molecule has 52 valence electrons. The van der Waals surface area contributed by atoms with Gasteiger partial charge in [0.25, 0.3) is 0 Å². The molecule has 2 unspecified atom stereocenters. The van der Waals surface area contributed by atoms with Crippen LogP contribution in [0.3, 0.4) is 0 Å². The maximum absolute atomic E-state index is 4.31. The summed E-state index contributed by atoms with van der Waals surface area (Å²) in [6.07, 6.45) is 6.25. The lowest BCUT2D eigenvalue weighted by atomic mass is 10.00. The first-order valence-corrected chi connectivity index (χ1v) is 4.32. The van der Waals surface area contributed by atoms with Crippen LogP contribution in [0, 0.1) is 5.92 Å². The van der Waals surface area contributed by atoms with Gasteiger partial charge >= 0.3 is 0 Å². The molecule has 10 heavy (non-hydrogen) atoms. The van der Waals surface area contributed by atoms with E-state index in [-0.39, 0.29) is 0 Å². The normalized spacial score (nSPS) is 35.9. The Bertz CT molecular complexity index is 227. The first-order valence-electron chi connectivity index (χ1n) is 3.44. The van der Waals surface area contributed by atoms with Crippen LogP contribution in [0.1, 0.15) is 6.92 Å². The first kappa shape index (κ1) is 6.23. The van der Waals surface area contributed by atoms with Crippen LogP contribution in [0.2, 0.25) is 0 Å². The van der Waals surface area contributed by atoms with Crippen LogP contribution in [0.4, 0.5) is 0 Å². The third-order valence-electron chi connectivity index (χ3n) is 1.90. The number of allylic oxidation sites excluding steroid dienone is 1. The van der Waals surface area contributed by atoms with Crippen molar-refractivity contribution in [2.75, 3.05) is 0 Å². The Labute approximate surface area is 64.9 Å². The maximum Gasteiger partial charge on any atom is 0.0580 e. The van der Waals surface area contributed by atoms with E-state index in [1.165, 1.54) is 4.91 Å². The number of rotatable bonds is 0. The Morgan fingerprint density at radius 2 is 2.50 bits per heavy atom. The van der Waals surface area contributed by atoms with Crippen LogP contribution in [0.5, 0.6) is 0 Å². The molecule has 2 rings (SSSR count). The number of fused-ring (bicyclic) bond motifs is 1. The first-order chi connectivity index (χ1) is 4.88. The topological polar surface area (TPSA) is 12.4 Å². The number of hydrogen-bond acceptors (Lipinski definition) is 2. The molecule has 1 nitrogen and oxygen atoms in total. The fourth-order valence-electron chi connectivity index (χ4n) is 1.27. The zero-order valence-electron chi connectivity index (χ0n) is 5.82. The summed E-state index contributed by atoms with van der Waals surface area (Å²) in [5.74, 6) is 0.579. The highest BCUT2D eigenvalue weighted by atomic mass is 32.2. The largest absolute Gasteiger partial charge is 0.289 e. The van der Waals surface area contributed by atoms with E-state index in [0.29, 0.717) is 12.0 Å². The van der Waals surface area contributed by atoms with Gasteiger partial charge in [0.15, 0.2) is 0 Å². The summed E-state index contributed by atoms with van der Waals surface area (Å²) in [5, 5.41) is 2.15. The third-order valence-corrected chi connectivity index (χ3v) is 2.87. The number of hydrogen-bond donors (Lipinski definition) is 0. The van der Waals surface area contributed by atoms with Gasteiger partial charge in [-0.1, -0.05) is 6.08 Å². The van der Waals surface area contributed by atoms with Gasteiger partial charge in [-0.25, -0.2) is 0 Å². The maximum atomic E-state index is 4.31. The summed E-state index contributed by atoms with van der Waals surface area (Å²) in [5.41, 5.74) is 0. The molecule has 0 N–H and O–H groups in total. The second-order valence-electron chi connectivity index (χ2n) is 2.58. The zero-order valence-corrected chi connectivity index (χ0v) is 6.64. The monoisotopic (exact) mass is 151 g/mol. The van der Waals surface area contributed by atoms with Gasteiger partial charge in [-0.3, -0.25) is 4.99 Å². The molecule has 0 aromatic rings. The molecule has 0 bridgehead atoms. The van der Waals surface area contributed by atoms with Gasteiger partial charge in [0.2, 0.25) is 0 Å². The Kier molecular flexibility index (Phi) is 1.42. The van der Waals surface area contributed by atoms with Gasteiger partial charge in [-0.05, 0) is 23.3 Å². The Balaban J connectivity index is 2.31. The van der Waals surface area contributed by atoms with Crippen LogP contribution >= 0.6 is 11.8 Å². The Morgan fingerprint density at radius 1 is 1.60 bits per heavy atom. The molecule has 2 heterocycles. The van der Waals surface area contributed by atoms with Gasteiger partial charge < -0.3 is 0 Å². The van der Waals surface area contributed by atoms with Crippen LogP contribution in [0.15, 0.2) is 27.5 Å². The standard InChI is InChI=1S/C8H9NS/c1-6-7-3-5-10-8(7)2-4-9-6/h2-7H,1H3. The minimum atomic E-state index is 0.450. The molecule has 2 atom stereocenters. The van der Waals surface area contributed by atoms with E-state index < -0.39 is 0 Å². The van der Waals surface area contributed by atoms with E-state index in [1.54, 1.807) is 0 Å². The van der Waals surface area contributed by atoms with Crippen LogP contribution in [0.25, 0.3) is 0 Å². The summed E-state index contributed by atoms with van der Waals surface area (Å²) in [4.78, 5) is 5.75. The lowest BCUT2D eigenvalue weighted by Gasteiger charge is -2.17. The molecule has 0 radical (unpaired) electrons. The van der Waals surface area contributed by atoms with Gasteiger partial charge in [-0.2, -0.15) is 0 Å². The van der Waals surface area contributed by atoms with Crippen molar-refractivity contribution in [2.24, 2.45) is 10.9 Å². The second kappa shape index (κ2) is 2.27. The number of nitrogens with zero attached hydrogens (tertiary/aromatic N) is 1. The van der Waals surface area contributed by atoms with E-state index in [0.717, 1.165) is 0 Å². The predicted molar refractivity (Wildman–Crippen MR) is 46.3 cm³/mol. The molecule has 2 aliphatic rings. The number of aliphatic imine (C=N–C) groups is 1. The van der Waals surface area contributed by atoms with Crippen molar-refractivity contribution in [3.63, 3.8) is 0 Å². The molecular formula is C8H9NS. The average molecular weight is 151 g/mol. The zero-order chi connectivity index (χ0) is 6.97. The van der Waals surface area contributed by atoms with Crippen LogP contribution in [-0.2, 0) is 0 Å². The van der Waals surface area contributed by atoms with Gasteiger partial charge in [0, 0.05) is 12.1 Å². The third kappa shape index (κ3) is 0.833. The van der Waals surface area contributed by atoms with E-state index in [9.17, 15) is 0 Å². The fourth-order valence-corrected chi connectivity index (χ4v) is 2.25. The van der Waals surface area contributed by atoms with Crippen molar-refractivity contribution in [1.82, 2.24) is 0 Å². The van der Waals surface area contributed by atoms with Crippen molar-refractivity contribution < 1.29 is 0 Å². The molecule has 0 aromatic carbocycles. The summed E-state index contributed by atoms with van der Waals surface area (Å²) >= 11 is 1.82. The number of dihydropyridines is 1. The molecule has 2 heteroatoms. The van der Waals surface area contributed by atoms with E-state index in [1.807, 2.05) is 18.0 Å². The summed E-state index contributed by atoms with van der Waals surface area (Å²) < 4.78 is 0. The summed E-state index contributed by atoms with van der Waals surface area (Å²) in [7, 11) is 0. The van der Waals surface area contributed by atoms with E-state index in [4.69, 9.17) is 0 Å². The lowest BCUT2D eigenvalue weighted by molar-refractivity contribution is 0.630.